The smallest absolute Gasteiger partial charge is 0.317 e. The third-order valence-electron chi connectivity index (χ3n) is 3.48. The highest BCUT2D eigenvalue weighted by atomic mass is 32.2. The summed E-state index contributed by atoms with van der Waals surface area (Å²) < 4.78 is 0. The van der Waals surface area contributed by atoms with Crippen LogP contribution in [-0.2, 0) is 4.79 Å². The van der Waals surface area contributed by atoms with Crippen molar-refractivity contribution >= 4 is 23.8 Å². The van der Waals surface area contributed by atoms with Gasteiger partial charge >= 0.3 is 12.0 Å². The second kappa shape index (κ2) is 7.20. The summed E-state index contributed by atoms with van der Waals surface area (Å²) in [5.74, 6) is 0.669. The second-order valence-corrected chi connectivity index (χ2v) is 7.76. The largest absolute Gasteiger partial charge is 0.481 e. The summed E-state index contributed by atoms with van der Waals surface area (Å²) in [6, 6.07) is 0.101. The van der Waals surface area contributed by atoms with E-state index in [1.54, 1.807) is 11.9 Å². The number of hydrogen-bond acceptors (Lipinski definition) is 3. The summed E-state index contributed by atoms with van der Waals surface area (Å²) in [5, 5.41) is 12.0. The van der Waals surface area contributed by atoms with Gasteiger partial charge in [-0.15, -0.1) is 0 Å². The third kappa shape index (κ3) is 5.61. The number of urea groups is 1. The Morgan fingerprint density at radius 3 is 2.55 bits per heavy atom. The Labute approximate surface area is 125 Å². The van der Waals surface area contributed by atoms with Gasteiger partial charge in [-0.3, -0.25) is 4.79 Å². The molecule has 1 aliphatic rings. The van der Waals surface area contributed by atoms with Gasteiger partial charge in [0.05, 0.1) is 5.92 Å². The van der Waals surface area contributed by atoms with E-state index in [0.717, 1.165) is 17.9 Å². The third-order valence-corrected chi connectivity index (χ3v) is 4.63. The minimum absolute atomic E-state index is 0.0677. The molecule has 20 heavy (non-hydrogen) atoms. The molecule has 0 radical (unpaired) electrons. The van der Waals surface area contributed by atoms with Gasteiger partial charge in [0.1, 0.15) is 0 Å². The van der Waals surface area contributed by atoms with Crippen LogP contribution in [0.5, 0.6) is 0 Å². The van der Waals surface area contributed by atoms with Crippen molar-refractivity contribution in [1.29, 1.82) is 0 Å². The molecule has 116 valence electrons. The van der Waals surface area contributed by atoms with E-state index >= 15 is 0 Å². The molecule has 1 aliphatic heterocycles. The molecule has 1 rings (SSSR count). The maximum atomic E-state index is 12.0. The molecule has 2 atom stereocenters. The highest BCUT2D eigenvalue weighted by Crippen LogP contribution is 2.24. The van der Waals surface area contributed by atoms with Gasteiger partial charge in [-0.1, -0.05) is 20.8 Å². The predicted molar refractivity (Wildman–Crippen MR) is 82.1 cm³/mol. The van der Waals surface area contributed by atoms with Crippen molar-refractivity contribution in [3.63, 3.8) is 0 Å². The van der Waals surface area contributed by atoms with Gasteiger partial charge in [-0.05, 0) is 24.0 Å². The number of amides is 2. The average Bonchev–Trinajstić information content (AvgIpc) is 2.85. The summed E-state index contributed by atoms with van der Waals surface area (Å²) >= 11 is 1.85. The lowest BCUT2D eigenvalue weighted by molar-refractivity contribution is -0.142. The van der Waals surface area contributed by atoms with Crippen LogP contribution in [-0.4, -0.2) is 53.1 Å². The first-order valence-electron chi connectivity index (χ1n) is 7.02. The fraction of sp³-hybridized carbons (Fsp3) is 0.857. The van der Waals surface area contributed by atoms with Crippen molar-refractivity contribution in [2.24, 2.45) is 11.3 Å². The quantitative estimate of drug-likeness (QED) is 0.817. The van der Waals surface area contributed by atoms with Gasteiger partial charge < -0.3 is 15.3 Å². The summed E-state index contributed by atoms with van der Waals surface area (Å²) in [6.45, 7) is 6.21. The molecule has 0 aromatic heterocycles. The van der Waals surface area contributed by atoms with Gasteiger partial charge in [-0.2, -0.15) is 11.8 Å². The molecule has 0 spiro atoms. The van der Waals surface area contributed by atoms with Crippen molar-refractivity contribution in [2.75, 3.05) is 25.1 Å². The molecule has 0 aromatic carbocycles. The molecular formula is C14H26N2O3S. The van der Waals surface area contributed by atoms with Crippen LogP contribution < -0.4 is 5.32 Å². The van der Waals surface area contributed by atoms with Gasteiger partial charge in [-0.25, -0.2) is 4.79 Å². The Hall–Kier alpha value is -0.910. The van der Waals surface area contributed by atoms with Crippen LogP contribution in [0.3, 0.4) is 0 Å². The van der Waals surface area contributed by atoms with Crippen LogP contribution in [0.1, 0.15) is 33.6 Å². The molecule has 1 heterocycles. The number of thioether (sulfide) groups is 1. The average molecular weight is 302 g/mol. The van der Waals surface area contributed by atoms with Gasteiger partial charge in [0.2, 0.25) is 0 Å². The molecule has 2 amide bonds. The molecule has 0 bridgehead atoms. The predicted octanol–water partition coefficient (Wildman–Crippen LogP) is 2.27. The first-order valence-corrected chi connectivity index (χ1v) is 8.17. The number of carboxylic acid groups (broad SMARTS) is 1. The first kappa shape index (κ1) is 17.1. The zero-order valence-electron chi connectivity index (χ0n) is 12.8. The molecule has 2 N–H and O–H groups in total. The van der Waals surface area contributed by atoms with E-state index < -0.39 is 11.9 Å². The van der Waals surface area contributed by atoms with Crippen molar-refractivity contribution in [3.05, 3.63) is 0 Å². The number of carbonyl (C=O) groups excluding carboxylic acids is 1. The van der Waals surface area contributed by atoms with Crippen molar-refractivity contribution in [3.8, 4) is 0 Å². The maximum Gasteiger partial charge on any atom is 0.317 e. The Balaban J connectivity index is 2.45. The Bertz CT molecular complexity index is 349. The Kier molecular flexibility index (Phi) is 6.17. The normalized spacial score (nSPS) is 20.5. The minimum Gasteiger partial charge on any atom is -0.481 e. The lowest BCUT2D eigenvalue weighted by atomic mass is 9.84. The summed E-state index contributed by atoms with van der Waals surface area (Å²) in [7, 11) is 1.78. The molecule has 6 heteroatoms. The molecule has 1 saturated heterocycles. The van der Waals surface area contributed by atoms with E-state index in [-0.39, 0.29) is 24.0 Å². The lowest BCUT2D eigenvalue weighted by Gasteiger charge is -2.27. The van der Waals surface area contributed by atoms with E-state index in [1.807, 2.05) is 32.5 Å². The molecule has 0 saturated carbocycles. The molecule has 1 fully saturated rings. The Morgan fingerprint density at radius 1 is 1.45 bits per heavy atom. The molecule has 5 nitrogen and oxygen atoms in total. The van der Waals surface area contributed by atoms with Crippen molar-refractivity contribution in [1.82, 2.24) is 10.2 Å². The number of hydrogen-bond donors (Lipinski definition) is 2. The maximum absolute atomic E-state index is 12.0. The summed E-state index contributed by atoms with van der Waals surface area (Å²) in [5.41, 5.74) is -0.0677. The number of nitrogens with zero attached hydrogens (tertiary/aromatic N) is 1. The highest BCUT2D eigenvalue weighted by Gasteiger charge is 2.27. The second-order valence-electron chi connectivity index (χ2n) is 6.61. The van der Waals surface area contributed by atoms with Crippen LogP contribution in [0.15, 0.2) is 0 Å². The van der Waals surface area contributed by atoms with Crippen LogP contribution >= 0.6 is 11.8 Å². The molecule has 2 unspecified atom stereocenters. The standard InChI is InChI=1S/C14H26N2O3S/c1-14(2,3)7-10(12(17)18)8-15-13(19)16(4)11-5-6-20-9-11/h10-11H,5-9H2,1-4H3,(H,15,19)(H,17,18). The summed E-state index contributed by atoms with van der Waals surface area (Å²) in [6.07, 6.45) is 1.56. The van der Waals surface area contributed by atoms with E-state index in [4.69, 9.17) is 0 Å². The van der Waals surface area contributed by atoms with Crippen LogP contribution in [0.2, 0.25) is 0 Å². The Morgan fingerprint density at radius 2 is 2.10 bits per heavy atom. The number of carbonyl (C=O) groups is 2. The van der Waals surface area contributed by atoms with Gasteiger partial charge in [0, 0.05) is 25.4 Å². The van der Waals surface area contributed by atoms with Crippen molar-refractivity contribution in [2.45, 2.75) is 39.7 Å². The van der Waals surface area contributed by atoms with Crippen LogP contribution in [0.4, 0.5) is 4.79 Å². The zero-order chi connectivity index (χ0) is 15.3. The molecule has 0 aliphatic carbocycles. The molecular weight excluding hydrogens is 276 g/mol. The van der Waals surface area contributed by atoms with E-state index in [0.29, 0.717) is 6.42 Å². The van der Waals surface area contributed by atoms with E-state index in [2.05, 4.69) is 5.32 Å². The van der Waals surface area contributed by atoms with Crippen molar-refractivity contribution < 1.29 is 14.7 Å². The summed E-state index contributed by atoms with van der Waals surface area (Å²) in [4.78, 5) is 25.0. The topological polar surface area (TPSA) is 69.6 Å². The number of rotatable bonds is 5. The van der Waals surface area contributed by atoms with Crippen LogP contribution in [0.25, 0.3) is 0 Å². The SMILES string of the molecule is CN(C(=O)NCC(CC(C)(C)C)C(=O)O)C1CCSC1. The number of nitrogens with one attached hydrogen (secondary N) is 1. The number of carboxylic acids is 1. The molecule has 0 aromatic rings. The lowest BCUT2D eigenvalue weighted by Crippen LogP contribution is -2.46. The fourth-order valence-electron chi connectivity index (χ4n) is 2.31. The number of aliphatic carboxylic acids is 1. The fourth-order valence-corrected chi connectivity index (χ4v) is 3.58. The van der Waals surface area contributed by atoms with E-state index in [9.17, 15) is 14.7 Å². The van der Waals surface area contributed by atoms with E-state index in [1.165, 1.54) is 0 Å². The van der Waals surface area contributed by atoms with Gasteiger partial charge in [0.15, 0.2) is 0 Å². The van der Waals surface area contributed by atoms with Crippen LogP contribution in [0, 0.1) is 11.3 Å². The zero-order valence-corrected chi connectivity index (χ0v) is 13.6. The highest BCUT2D eigenvalue weighted by molar-refractivity contribution is 7.99. The monoisotopic (exact) mass is 302 g/mol. The minimum atomic E-state index is -0.848. The first-order chi connectivity index (χ1) is 9.20. The van der Waals surface area contributed by atoms with Gasteiger partial charge in [0.25, 0.3) is 0 Å².